The fourth-order valence-electron chi connectivity index (χ4n) is 1.65. The Morgan fingerprint density at radius 3 is 2.67 bits per heavy atom. The van der Waals surface area contributed by atoms with E-state index in [1.165, 1.54) is 5.56 Å². The van der Waals surface area contributed by atoms with Crippen LogP contribution in [0.1, 0.15) is 5.56 Å². The maximum atomic E-state index is 11.8. The van der Waals surface area contributed by atoms with Gasteiger partial charge < -0.3 is 0 Å². The Hall–Kier alpha value is -1.15. The normalized spacial score (nSPS) is 20.2. The number of ketones is 1. The number of Topliss-reactive ketones (excluding diaryl/α,β-unsaturated/α-hetero) is 1. The van der Waals surface area contributed by atoms with Crippen molar-refractivity contribution in [2.24, 2.45) is 5.92 Å². The van der Waals surface area contributed by atoms with Gasteiger partial charge in [0.15, 0.2) is 5.78 Å². The summed E-state index contributed by atoms with van der Waals surface area (Å²) in [5.41, 5.74) is 1.20. The predicted octanol–water partition coefficient (Wildman–Crippen LogP) is 3.26. The molecule has 1 nitrogen and oxygen atoms in total. The lowest BCUT2D eigenvalue weighted by Gasteiger charge is -2.13. The van der Waals surface area contributed by atoms with Gasteiger partial charge in [-0.3, -0.25) is 4.79 Å². The van der Waals surface area contributed by atoms with Crippen molar-refractivity contribution in [1.29, 1.82) is 0 Å². The van der Waals surface area contributed by atoms with Gasteiger partial charge in [0.1, 0.15) is 0 Å². The molecule has 1 atom stereocenters. The first kappa shape index (κ1) is 10.4. The maximum Gasteiger partial charge on any atom is 0.176 e. The number of benzene rings is 1. The molecule has 1 unspecified atom stereocenters. The van der Waals surface area contributed by atoms with E-state index < -0.39 is 0 Å². The molecule has 76 valence electrons. The number of carbonyl (C=O) groups is 1. The van der Waals surface area contributed by atoms with Gasteiger partial charge in [0.2, 0.25) is 0 Å². The largest absolute Gasteiger partial charge is 0.293 e. The molecule has 1 aromatic carbocycles. The van der Waals surface area contributed by atoms with Gasteiger partial charge in [-0.15, -0.1) is 0 Å². The number of hydrogen-bond acceptors (Lipinski definition) is 1. The van der Waals surface area contributed by atoms with E-state index in [9.17, 15) is 4.79 Å². The lowest BCUT2D eigenvalue weighted by atomic mass is 9.92. The lowest BCUT2D eigenvalue weighted by molar-refractivity contribution is -0.117. The van der Waals surface area contributed by atoms with Crippen LogP contribution >= 0.6 is 15.9 Å². The van der Waals surface area contributed by atoms with Gasteiger partial charge in [-0.1, -0.05) is 42.5 Å². The molecule has 0 N–H and O–H groups in total. The minimum absolute atomic E-state index is 0.0215. The molecule has 0 aliphatic heterocycles. The first-order valence-electron chi connectivity index (χ1n) is 4.89. The summed E-state index contributed by atoms with van der Waals surface area (Å²) < 4.78 is 0.672. The lowest BCUT2D eigenvalue weighted by Crippen LogP contribution is -2.16. The van der Waals surface area contributed by atoms with Crippen molar-refractivity contribution >= 4 is 21.7 Å². The van der Waals surface area contributed by atoms with Crippen molar-refractivity contribution in [3.05, 3.63) is 58.6 Å². The minimum Gasteiger partial charge on any atom is -0.293 e. The molecule has 1 aliphatic carbocycles. The second kappa shape index (κ2) is 4.58. The summed E-state index contributed by atoms with van der Waals surface area (Å²) >= 11 is 3.27. The topological polar surface area (TPSA) is 17.1 Å². The zero-order valence-electron chi connectivity index (χ0n) is 8.19. The molecule has 1 aliphatic rings. The molecular weight excluding hydrogens is 252 g/mol. The SMILES string of the molecule is O=C1C(Br)=CC=CC1Cc1ccccc1. The molecule has 0 saturated carbocycles. The van der Waals surface area contributed by atoms with Crippen molar-refractivity contribution in [2.45, 2.75) is 6.42 Å². The highest BCUT2D eigenvalue weighted by atomic mass is 79.9. The summed E-state index contributed by atoms with van der Waals surface area (Å²) in [7, 11) is 0. The first-order valence-corrected chi connectivity index (χ1v) is 5.69. The maximum absolute atomic E-state index is 11.8. The third-order valence-corrected chi connectivity index (χ3v) is 3.11. The van der Waals surface area contributed by atoms with E-state index in [1.807, 2.05) is 42.5 Å². The molecule has 15 heavy (non-hydrogen) atoms. The van der Waals surface area contributed by atoms with Crippen LogP contribution in [0.3, 0.4) is 0 Å². The van der Waals surface area contributed by atoms with E-state index in [4.69, 9.17) is 0 Å². The highest BCUT2D eigenvalue weighted by molar-refractivity contribution is 9.12. The van der Waals surface area contributed by atoms with Crippen molar-refractivity contribution in [3.8, 4) is 0 Å². The molecular formula is C13H11BrO. The van der Waals surface area contributed by atoms with E-state index >= 15 is 0 Å². The monoisotopic (exact) mass is 262 g/mol. The highest BCUT2D eigenvalue weighted by Crippen LogP contribution is 2.22. The number of halogens is 1. The number of allylic oxidation sites excluding steroid dienone is 4. The van der Waals surface area contributed by atoms with Gasteiger partial charge in [0.05, 0.1) is 4.48 Å². The van der Waals surface area contributed by atoms with Gasteiger partial charge in [0, 0.05) is 5.92 Å². The quantitative estimate of drug-likeness (QED) is 0.800. The summed E-state index contributed by atoms with van der Waals surface area (Å²) in [4.78, 5) is 11.8. The van der Waals surface area contributed by atoms with Crippen LogP contribution in [0.15, 0.2) is 53.0 Å². The molecule has 0 bridgehead atoms. The van der Waals surface area contributed by atoms with Crippen LogP contribution in [0.25, 0.3) is 0 Å². The van der Waals surface area contributed by atoms with E-state index in [0.29, 0.717) is 4.48 Å². The summed E-state index contributed by atoms with van der Waals surface area (Å²) in [5, 5.41) is 0. The standard InChI is InChI=1S/C13H11BrO/c14-12-8-4-7-11(13(12)15)9-10-5-2-1-3-6-10/h1-8,11H,9H2. The second-order valence-corrected chi connectivity index (χ2v) is 4.41. The van der Waals surface area contributed by atoms with Crippen LogP contribution in [0.4, 0.5) is 0 Å². The Balaban J connectivity index is 2.12. The smallest absolute Gasteiger partial charge is 0.176 e. The fourth-order valence-corrected chi connectivity index (χ4v) is 2.10. The molecule has 1 aromatic rings. The predicted molar refractivity (Wildman–Crippen MR) is 64.8 cm³/mol. The Morgan fingerprint density at radius 1 is 1.20 bits per heavy atom. The van der Waals surface area contributed by atoms with E-state index in [-0.39, 0.29) is 11.7 Å². The van der Waals surface area contributed by atoms with E-state index in [1.54, 1.807) is 6.08 Å². The zero-order chi connectivity index (χ0) is 10.7. The molecule has 0 saturated heterocycles. The zero-order valence-corrected chi connectivity index (χ0v) is 9.78. The summed E-state index contributed by atoms with van der Waals surface area (Å²) in [6.45, 7) is 0. The third-order valence-electron chi connectivity index (χ3n) is 2.46. The molecule has 0 amide bonds. The van der Waals surface area contributed by atoms with E-state index in [2.05, 4.69) is 15.9 Å². The third kappa shape index (κ3) is 2.45. The van der Waals surface area contributed by atoms with Gasteiger partial charge in [-0.25, -0.2) is 0 Å². The van der Waals surface area contributed by atoms with Crippen LogP contribution in [-0.4, -0.2) is 5.78 Å². The Morgan fingerprint density at radius 2 is 1.93 bits per heavy atom. The first-order chi connectivity index (χ1) is 7.27. The van der Waals surface area contributed by atoms with Crippen LogP contribution in [0.2, 0.25) is 0 Å². The van der Waals surface area contributed by atoms with Gasteiger partial charge >= 0.3 is 0 Å². The summed E-state index contributed by atoms with van der Waals surface area (Å²) in [6, 6.07) is 10.1. The fraction of sp³-hybridized carbons (Fsp3) is 0.154. The van der Waals surface area contributed by atoms with Crippen molar-refractivity contribution in [2.75, 3.05) is 0 Å². The van der Waals surface area contributed by atoms with Crippen LogP contribution < -0.4 is 0 Å². The van der Waals surface area contributed by atoms with Crippen molar-refractivity contribution in [3.63, 3.8) is 0 Å². The van der Waals surface area contributed by atoms with Gasteiger partial charge in [0.25, 0.3) is 0 Å². The Bertz CT molecular complexity index is 417. The molecule has 0 radical (unpaired) electrons. The van der Waals surface area contributed by atoms with Gasteiger partial charge in [-0.2, -0.15) is 0 Å². The number of rotatable bonds is 2. The summed E-state index contributed by atoms with van der Waals surface area (Å²) in [6.07, 6.45) is 6.46. The molecule has 0 aromatic heterocycles. The minimum atomic E-state index is -0.0215. The van der Waals surface area contributed by atoms with Crippen LogP contribution in [-0.2, 0) is 11.2 Å². The Labute approximate surface area is 97.6 Å². The molecule has 0 heterocycles. The van der Waals surface area contributed by atoms with Crippen molar-refractivity contribution < 1.29 is 4.79 Å². The highest BCUT2D eigenvalue weighted by Gasteiger charge is 2.20. The molecule has 0 fully saturated rings. The molecule has 2 heteroatoms. The average molecular weight is 263 g/mol. The number of hydrogen-bond donors (Lipinski definition) is 0. The van der Waals surface area contributed by atoms with Crippen LogP contribution in [0.5, 0.6) is 0 Å². The molecule has 0 spiro atoms. The van der Waals surface area contributed by atoms with Crippen molar-refractivity contribution in [1.82, 2.24) is 0 Å². The molecule has 2 rings (SSSR count). The summed E-state index contributed by atoms with van der Waals surface area (Å²) in [5.74, 6) is 0.146. The van der Waals surface area contributed by atoms with Gasteiger partial charge in [-0.05, 0) is 34.0 Å². The van der Waals surface area contributed by atoms with E-state index in [0.717, 1.165) is 6.42 Å². The Kier molecular flexibility index (Phi) is 3.17. The van der Waals surface area contributed by atoms with Crippen LogP contribution in [0, 0.1) is 5.92 Å². The second-order valence-electron chi connectivity index (χ2n) is 3.56. The number of carbonyl (C=O) groups excluding carboxylic acids is 1. The average Bonchev–Trinajstić information content (AvgIpc) is 2.26.